The largest absolute Gasteiger partial charge is 0.481 e. The van der Waals surface area contributed by atoms with Crippen molar-refractivity contribution < 1.29 is 9.90 Å². The third-order valence-electron chi connectivity index (χ3n) is 3.27. The summed E-state index contributed by atoms with van der Waals surface area (Å²) >= 11 is 0. The molecule has 1 heterocycles. The van der Waals surface area contributed by atoms with Crippen molar-refractivity contribution in [1.29, 1.82) is 0 Å². The molecule has 0 aliphatic carbocycles. The Balaban J connectivity index is 2.19. The lowest BCUT2D eigenvalue weighted by Crippen LogP contribution is -2.36. The normalized spacial score (nSPS) is 22.6. The Kier molecular flexibility index (Phi) is 5.81. The number of hydrogen-bond acceptors (Lipinski definition) is 2. The zero-order chi connectivity index (χ0) is 12.0. The van der Waals surface area contributed by atoms with Gasteiger partial charge >= 0.3 is 5.97 Å². The van der Waals surface area contributed by atoms with E-state index in [9.17, 15) is 4.79 Å². The highest BCUT2D eigenvalue weighted by atomic mass is 16.4. The van der Waals surface area contributed by atoms with Gasteiger partial charge in [-0.05, 0) is 50.6 Å². The predicted octanol–water partition coefficient (Wildman–Crippen LogP) is 2.61. The fraction of sp³-hybridized carbons (Fsp3) is 0.923. The van der Waals surface area contributed by atoms with Crippen LogP contribution in [0.1, 0.15) is 46.0 Å². The first kappa shape index (κ1) is 13.5. The summed E-state index contributed by atoms with van der Waals surface area (Å²) in [6.45, 7) is 7.86. The van der Waals surface area contributed by atoms with E-state index in [4.69, 9.17) is 5.11 Å². The molecule has 1 fully saturated rings. The van der Waals surface area contributed by atoms with Crippen molar-refractivity contribution >= 4 is 5.97 Å². The fourth-order valence-corrected chi connectivity index (χ4v) is 2.67. The topological polar surface area (TPSA) is 40.5 Å². The summed E-state index contributed by atoms with van der Waals surface area (Å²) in [7, 11) is 0. The van der Waals surface area contributed by atoms with Gasteiger partial charge in [-0.25, -0.2) is 0 Å². The van der Waals surface area contributed by atoms with E-state index >= 15 is 0 Å². The van der Waals surface area contributed by atoms with Gasteiger partial charge in [0.25, 0.3) is 0 Å². The molecule has 1 N–H and O–H groups in total. The Labute approximate surface area is 98.8 Å². The van der Waals surface area contributed by atoms with Gasteiger partial charge in [0.2, 0.25) is 0 Å². The second-order valence-corrected chi connectivity index (χ2v) is 5.44. The molecule has 0 radical (unpaired) electrons. The quantitative estimate of drug-likeness (QED) is 0.758. The number of carbonyl (C=O) groups is 1. The highest BCUT2D eigenvalue weighted by Crippen LogP contribution is 2.23. The fourth-order valence-electron chi connectivity index (χ4n) is 2.67. The van der Waals surface area contributed by atoms with Crippen LogP contribution in [0.4, 0.5) is 0 Å². The number of carboxylic acids is 1. The van der Waals surface area contributed by atoms with Crippen molar-refractivity contribution in [2.45, 2.75) is 46.0 Å². The average molecular weight is 227 g/mol. The predicted molar refractivity (Wildman–Crippen MR) is 65.5 cm³/mol. The van der Waals surface area contributed by atoms with Gasteiger partial charge in [-0.15, -0.1) is 0 Å². The molecule has 0 aromatic rings. The van der Waals surface area contributed by atoms with E-state index in [-0.39, 0.29) is 0 Å². The second kappa shape index (κ2) is 6.89. The van der Waals surface area contributed by atoms with Crippen LogP contribution in [0.15, 0.2) is 0 Å². The Morgan fingerprint density at radius 3 is 2.88 bits per heavy atom. The molecule has 1 aliphatic heterocycles. The monoisotopic (exact) mass is 227 g/mol. The number of hydrogen-bond donors (Lipinski definition) is 1. The molecular weight excluding hydrogens is 202 g/mol. The summed E-state index contributed by atoms with van der Waals surface area (Å²) in [5.41, 5.74) is 0. The van der Waals surface area contributed by atoms with Gasteiger partial charge in [0.05, 0.1) is 0 Å². The van der Waals surface area contributed by atoms with Gasteiger partial charge in [0.1, 0.15) is 0 Å². The molecule has 0 spiro atoms. The summed E-state index contributed by atoms with van der Waals surface area (Å²) in [5.74, 6) is 0.943. The van der Waals surface area contributed by atoms with Crippen molar-refractivity contribution in [3.05, 3.63) is 0 Å². The van der Waals surface area contributed by atoms with Gasteiger partial charge in [-0.2, -0.15) is 0 Å². The van der Waals surface area contributed by atoms with Crippen LogP contribution < -0.4 is 0 Å². The van der Waals surface area contributed by atoms with Gasteiger partial charge in [-0.1, -0.05) is 13.8 Å². The molecule has 0 aromatic carbocycles. The van der Waals surface area contributed by atoms with Gasteiger partial charge in [0.15, 0.2) is 0 Å². The second-order valence-electron chi connectivity index (χ2n) is 5.44. The summed E-state index contributed by atoms with van der Waals surface area (Å²) in [6.07, 6.45) is 5.06. The zero-order valence-electron chi connectivity index (χ0n) is 10.6. The number of rotatable bonds is 6. The van der Waals surface area contributed by atoms with Crippen LogP contribution in [0, 0.1) is 11.8 Å². The van der Waals surface area contributed by atoms with E-state index in [0.29, 0.717) is 6.42 Å². The van der Waals surface area contributed by atoms with E-state index in [1.807, 2.05) is 0 Å². The smallest absolute Gasteiger partial charge is 0.303 e. The number of piperidine rings is 1. The first-order valence-electron chi connectivity index (χ1n) is 6.52. The summed E-state index contributed by atoms with van der Waals surface area (Å²) in [5, 5.41) is 8.60. The van der Waals surface area contributed by atoms with Gasteiger partial charge in [-0.3, -0.25) is 4.79 Å². The van der Waals surface area contributed by atoms with Crippen LogP contribution in [0.5, 0.6) is 0 Å². The van der Waals surface area contributed by atoms with E-state index < -0.39 is 5.97 Å². The molecule has 1 saturated heterocycles. The Bertz CT molecular complexity index is 216. The third-order valence-corrected chi connectivity index (χ3v) is 3.27. The maximum atomic E-state index is 10.4. The molecule has 0 saturated carbocycles. The van der Waals surface area contributed by atoms with Crippen LogP contribution in [0.25, 0.3) is 0 Å². The van der Waals surface area contributed by atoms with Crippen molar-refractivity contribution in [3.8, 4) is 0 Å². The molecule has 1 aliphatic rings. The number of aliphatic carboxylic acids is 1. The van der Waals surface area contributed by atoms with Crippen LogP contribution in [-0.4, -0.2) is 35.6 Å². The Morgan fingerprint density at radius 1 is 1.50 bits per heavy atom. The molecular formula is C13H25NO2. The molecule has 0 bridgehead atoms. The standard InChI is InChI=1S/C13H25NO2/c1-11(2)9-12-5-3-7-14(10-12)8-4-6-13(15)16/h11-12H,3-10H2,1-2H3,(H,15,16). The number of likely N-dealkylation sites (tertiary alicyclic amines) is 1. The van der Waals surface area contributed by atoms with Crippen LogP contribution in [0.3, 0.4) is 0 Å². The van der Waals surface area contributed by atoms with E-state index in [1.54, 1.807) is 0 Å². The molecule has 1 unspecified atom stereocenters. The van der Waals surface area contributed by atoms with Crippen molar-refractivity contribution in [2.24, 2.45) is 11.8 Å². The van der Waals surface area contributed by atoms with Crippen LogP contribution >= 0.6 is 0 Å². The first-order chi connectivity index (χ1) is 7.58. The van der Waals surface area contributed by atoms with Crippen molar-refractivity contribution in [2.75, 3.05) is 19.6 Å². The molecule has 94 valence electrons. The van der Waals surface area contributed by atoms with E-state index in [0.717, 1.165) is 31.3 Å². The van der Waals surface area contributed by atoms with Gasteiger partial charge < -0.3 is 10.0 Å². The maximum absolute atomic E-state index is 10.4. The molecule has 3 nitrogen and oxygen atoms in total. The Hall–Kier alpha value is -0.570. The van der Waals surface area contributed by atoms with E-state index in [1.165, 1.54) is 25.8 Å². The minimum Gasteiger partial charge on any atom is -0.481 e. The SMILES string of the molecule is CC(C)CC1CCCN(CCCC(=O)O)C1. The highest BCUT2D eigenvalue weighted by molar-refractivity contribution is 5.66. The minimum absolute atomic E-state index is 0.311. The van der Waals surface area contributed by atoms with Crippen molar-refractivity contribution in [3.63, 3.8) is 0 Å². The summed E-state index contributed by atoms with van der Waals surface area (Å²) in [4.78, 5) is 12.9. The average Bonchev–Trinajstić information content (AvgIpc) is 2.16. The lowest BCUT2D eigenvalue weighted by molar-refractivity contribution is -0.137. The molecule has 1 atom stereocenters. The Morgan fingerprint density at radius 2 is 2.25 bits per heavy atom. The molecule has 0 amide bonds. The molecule has 1 rings (SSSR count). The zero-order valence-corrected chi connectivity index (χ0v) is 10.6. The number of carboxylic acid groups (broad SMARTS) is 1. The van der Waals surface area contributed by atoms with Crippen molar-refractivity contribution in [1.82, 2.24) is 4.90 Å². The maximum Gasteiger partial charge on any atom is 0.303 e. The minimum atomic E-state index is -0.671. The van der Waals surface area contributed by atoms with Crippen LogP contribution in [-0.2, 0) is 4.79 Å². The first-order valence-corrected chi connectivity index (χ1v) is 6.52. The molecule has 16 heavy (non-hydrogen) atoms. The number of nitrogens with zero attached hydrogens (tertiary/aromatic N) is 1. The van der Waals surface area contributed by atoms with Crippen LogP contribution in [0.2, 0.25) is 0 Å². The highest BCUT2D eigenvalue weighted by Gasteiger charge is 2.20. The summed E-state index contributed by atoms with van der Waals surface area (Å²) in [6, 6.07) is 0. The lowest BCUT2D eigenvalue weighted by atomic mass is 9.89. The lowest BCUT2D eigenvalue weighted by Gasteiger charge is -2.33. The third kappa shape index (κ3) is 5.50. The summed E-state index contributed by atoms with van der Waals surface area (Å²) < 4.78 is 0. The van der Waals surface area contributed by atoms with E-state index in [2.05, 4.69) is 18.7 Å². The molecule has 0 aromatic heterocycles. The molecule has 3 heteroatoms. The van der Waals surface area contributed by atoms with Gasteiger partial charge in [0, 0.05) is 13.0 Å².